The van der Waals surface area contributed by atoms with Crippen molar-refractivity contribution in [3.05, 3.63) is 59.1 Å². The van der Waals surface area contributed by atoms with Crippen LogP contribution in [0.25, 0.3) is 11.4 Å². The Morgan fingerprint density at radius 2 is 2.00 bits per heavy atom. The molecule has 1 aromatic carbocycles. The maximum Gasteiger partial charge on any atom is 0.254 e. The largest absolute Gasteiger partial charge is 0.353 e. The van der Waals surface area contributed by atoms with Crippen molar-refractivity contribution in [1.82, 2.24) is 20.0 Å². The number of pyridine rings is 1. The number of benzene rings is 1. The van der Waals surface area contributed by atoms with E-state index >= 15 is 0 Å². The molecular weight excluding hydrogens is 378 g/mol. The van der Waals surface area contributed by atoms with Crippen LogP contribution < -0.4 is 4.90 Å². The van der Waals surface area contributed by atoms with E-state index in [0.717, 1.165) is 24.5 Å². The lowest BCUT2D eigenvalue weighted by Crippen LogP contribution is -2.49. The summed E-state index contributed by atoms with van der Waals surface area (Å²) in [7, 11) is 0. The number of piperazine rings is 1. The Bertz CT molecular complexity index is 965. The first-order chi connectivity index (χ1) is 13.6. The Balaban J connectivity index is 1.39. The lowest BCUT2D eigenvalue weighted by atomic mass is 10.2. The average Bonchev–Trinajstić information content (AvgIpc) is 3.23. The first kappa shape index (κ1) is 18.4. The number of nitrogens with zero attached hydrogens (tertiary/aromatic N) is 5. The Labute approximate surface area is 167 Å². The first-order valence-corrected chi connectivity index (χ1v) is 9.60. The molecule has 7 nitrogen and oxygen atoms in total. The van der Waals surface area contributed by atoms with Crippen LogP contribution >= 0.6 is 11.6 Å². The van der Waals surface area contributed by atoms with E-state index in [1.54, 1.807) is 30.5 Å². The summed E-state index contributed by atoms with van der Waals surface area (Å²) in [4.78, 5) is 25.5. The quantitative estimate of drug-likeness (QED) is 0.672. The molecule has 1 saturated heterocycles. The Morgan fingerprint density at radius 1 is 1.18 bits per heavy atom. The van der Waals surface area contributed by atoms with E-state index in [-0.39, 0.29) is 5.91 Å². The molecule has 3 heterocycles. The Morgan fingerprint density at radius 3 is 2.64 bits per heavy atom. The molecule has 28 heavy (non-hydrogen) atoms. The van der Waals surface area contributed by atoms with E-state index in [0.29, 0.717) is 41.8 Å². The van der Waals surface area contributed by atoms with Crippen LogP contribution in [0.1, 0.15) is 23.2 Å². The molecule has 1 amide bonds. The average molecular weight is 398 g/mol. The van der Waals surface area contributed by atoms with Gasteiger partial charge in [-0.1, -0.05) is 29.7 Å². The van der Waals surface area contributed by atoms with Crippen LogP contribution in [0.15, 0.2) is 47.1 Å². The van der Waals surface area contributed by atoms with E-state index in [1.807, 2.05) is 24.0 Å². The minimum Gasteiger partial charge on any atom is -0.353 e. The second-order valence-electron chi connectivity index (χ2n) is 6.56. The van der Waals surface area contributed by atoms with Gasteiger partial charge in [0.2, 0.25) is 11.7 Å². The molecule has 0 spiro atoms. The lowest BCUT2D eigenvalue weighted by molar-refractivity contribution is 0.0746. The Kier molecular flexibility index (Phi) is 5.25. The van der Waals surface area contributed by atoms with Crippen LogP contribution in [0.4, 0.5) is 5.82 Å². The summed E-state index contributed by atoms with van der Waals surface area (Å²) < 4.78 is 5.15. The summed E-state index contributed by atoms with van der Waals surface area (Å²) in [6.45, 7) is 4.69. The third-order valence-corrected chi connectivity index (χ3v) is 4.97. The second-order valence-corrected chi connectivity index (χ2v) is 7.00. The van der Waals surface area contributed by atoms with Gasteiger partial charge in [0.25, 0.3) is 5.91 Å². The van der Waals surface area contributed by atoms with Gasteiger partial charge in [-0.15, -0.1) is 0 Å². The number of halogens is 1. The standard InChI is InChI=1S/C20H20ClN5O2/c1-2-18-23-19(24-28-18)15-6-7-17(22-13-15)25-8-10-26(11-9-25)20(27)14-4-3-5-16(21)12-14/h3-7,12-13H,2,8-11H2,1H3. The van der Waals surface area contributed by atoms with Crippen LogP contribution in [0, 0.1) is 0 Å². The molecule has 0 aliphatic carbocycles. The van der Waals surface area contributed by atoms with Crippen molar-refractivity contribution in [2.24, 2.45) is 0 Å². The second kappa shape index (κ2) is 7.98. The predicted octanol–water partition coefficient (Wildman–Crippen LogP) is 3.31. The van der Waals surface area contributed by atoms with E-state index < -0.39 is 0 Å². The van der Waals surface area contributed by atoms with E-state index in [4.69, 9.17) is 16.1 Å². The molecule has 0 saturated carbocycles. The topological polar surface area (TPSA) is 75.4 Å². The molecule has 1 fully saturated rings. The first-order valence-electron chi connectivity index (χ1n) is 9.23. The maximum absolute atomic E-state index is 12.6. The van der Waals surface area contributed by atoms with Crippen molar-refractivity contribution in [2.75, 3.05) is 31.1 Å². The molecule has 0 N–H and O–H groups in total. The van der Waals surface area contributed by atoms with E-state index in [2.05, 4.69) is 20.0 Å². The van der Waals surface area contributed by atoms with Crippen molar-refractivity contribution < 1.29 is 9.32 Å². The number of anilines is 1. The summed E-state index contributed by atoms with van der Waals surface area (Å²) in [5.41, 5.74) is 1.44. The normalized spacial score (nSPS) is 14.4. The van der Waals surface area contributed by atoms with Crippen molar-refractivity contribution in [2.45, 2.75) is 13.3 Å². The van der Waals surface area contributed by atoms with Crippen molar-refractivity contribution in [3.63, 3.8) is 0 Å². The number of hydrogen-bond acceptors (Lipinski definition) is 6. The highest BCUT2D eigenvalue weighted by atomic mass is 35.5. The third kappa shape index (κ3) is 3.84. The molecule has 1 aliphatic rings. The summed E-state index contributed by atoms with van der Waals surface area (Å²) >= 11 is 6.00. The zero-order chi connectivity index (χ0) is 19.5. The number of hydrogen-bond donors (Lipinski definition) is 0. The van der Waals surface area contributed by atoms with Crippen LogP contribution in [-0.4, -0.2) is 52.1 Å². The smallest absolute Gasteiger partial charge is 0.254 e. The van der Waals surface area contributed by atoms with E-state index in [9.17, 15) is 4.79 Å². The van der Waals surface area contributed by atoms with E-state index in [1.165, 1.54) is 0 Å². The van der Waals surface area contributed by atoms with Gasteiger partial charge in [0.1, 0.15) is 5.82 Å². The molecule has 4 rings (SSSR count). The fraction of sp³-hybridized carbons (Fsp3) is 0.300. The fourth-order valence-electron chi connectivity index (χ4n) is 3.16. The molecule has 144 valence electrons. The number of aromatic nitrogens is 3. The summed E-state index contributed by atoms with van der Waals surface area (Å²) in [5.74, 6) is 2.04. The van der Waals surface area contributed by atoms with Gasteiger partial charge in [-0.2, -0.15) is 4.98 Å². The molecule has 8 heteroatoms. The highest BCUT2D eigenvalue weighted by molar-refractivity contribution is 6.30. The van der Waals surface area contributed by atoms with Gasteiger partial charge in [-0.05, 0) is 30.3 Å². The van der Waals surface area contributed by atoms with Crippen molar-refractivity contribution in [1.29, 1.82) is 0 Å². The van der Waals surface area contributed by atoms with Gasteiger partial charge < -0.3 is 14.3 Å². The van der Waals surface area contributed by atoms with Gasteiger partial charge in [0, 0.05) is 54.9 Å². The molecule has 0 radical (unpaired) electrons. The van der Waals surface area contributed by atoms with Gasteiger partial charge >= 0.3 is 0 Å². The summed E-state index contributed by atoms with van der Waals surface area (Å²) in [5, 5.41) is 4.54. The monoisotopic (exact) mass is 397 g/mol. The fourth-order valence-corrected chi connectivity index (χ4v) is 3.35. The summed E-state index contributed by atoms with van der Waals surface area (Å²) in [6, 6.07) is 11.0. The number of rotatable bonds is 4. The van der Waals surface area contributed by atoms with Crippen LogP contribution in [0.2, 0.25) is 5.02 Å². The summed E-state index contributed by atoms with van der Waals surface area (Å²) in [6.07, 6.45) is 2.46. The number of carbonyl (C=O) groups is 1. The number of aryl methyl sites for hydroxylation is 1. The van der Waals surface area contributed by atoms with Crippen molar-refractivity contribution >= 4 is 23.3 Å². The third-order valence-electron chi connectivity index (χ3n) is 4.74. The van der Waals surface area contributed by atoms with Crippen LogP contribution in [0.3, 0.4) is 0 Å². The number of carbonyl (C=O) groups excluding carboxylic acids is 1. The zero-order valence-corrected chi connectivity index (χ0v) is 16.3. The van der Waals surface area contributed by atoms with Gasteiger partial charge in [0.05, 0.1) is 0 Å². The van der Waals surface area contributed by atoms with Crippen molar-refractivity contribution in [3.8, 4) is 11.4 Å². The van der Waals surface area contributed by atoms with Gasteiger partial charge in [0.15, 0.2) is 0 Å². The van der Waals surface area contributed by atoms with Crippen LogP contribution in [0.5, 0.6) is 0 Å². The number of amides is 1. The molecule has 2 aromatic heterocycles. The molecular formula is C20H20ClN5O2. The molecule has 1 aliphatic heterocycles. The minimum atomic E-state index is 0.00860. The zero-order valence-electron chi connectivity index (χ0n) is 15.5. The minimum absolute atomic E-state index is 0.00860. The molecule has 0 unspecified atom stereocenters. The molecule has 3 aromatic rings. The maximum atomic E-state index is 12.6. The highest BCUT2D eigenvalue weighted by Crippen LogP contribution is 2.20. The molecule has 0 bridgehead atoms. The van der Waals surface area contributed by atoms with Gasteiger partial charge in [-0.25, -0.2) is 4.98 Å². The SMILES string of the molecule is CCc1nc(-c2ccc(N3CCN(C(=O)c4cccc(Cl)c4)CC3)nc2)no1. The lowest BCUT2D eigenvalue weighted by Gasteiger charge is -2.35. The highest BCUT2D eigenvalue weighted by Gasteiger charge is 2.23. The molecule has 0 atom stereocenters. The predicted molar refractivity (Wildman–Crippen MR) is 106 cm³/mol. The Hall–Kier alpha value is -2.93. The van der Waals surface area contributed by atoms with Crippen LogP contribution in [-0.2, 0) is 6.42 Å². The van der Waals surface area contributed by atoms with Gasteiger partial charge in [-0.3, -0.25) is 4.79 Å².